The lowest BCUT2D eigenvalue weighted by Gasteiger charge is -1.90. The van der Waals surface area contributed by atoms with Crippen molar-refractivity contribution in [1.29, 1.82) is 0 Å². The van der Waals surface area contributed by atoms with Crippen LogP contribution in [0, 0.1) is 0 Å². The summed E-state index contributed by atoms with van der Waals surface area (Å²) in [5.41, 5.74) is 1.25. The van der Waals surface area contributed by atoms with Gasteiger partial charge in [0.15, 0.2) is 0 Å². The first kappa shape index (κ1) is 7.81. The summed E-state index contributed by atoms with van der Waals surface area (Å²) in [5, 5.41) is 17.0. The molecule has 0 spiro atoms. The molecule has 3 N–H and O–H groups in total. The first-order chi connectivity index (χ1) is 5.22. The van der Waals surface area contributed by atoms with Crippen LogP contribution >= 0.6 is 0 Å². The Hall–Kier alpha value is -1.29. The molecule has 0 aliphatic rings. The Morgan fingerprint density at radius 1 is 1.45 bits per heavy atom. The van der Waals surface area contributed by atoms with Crippen molar-refractivity contribution in [2.75, 3.05) is 0 Å². The van der Waals surface area contributed by atoms with Gasteiger partial charge in [0, 0.05) is 11.4 Å². The summed E-state index contributed by atoms with van der Waals surface area (Å²) in [7, 11) is 0. The maximum absolute atomic E-state index is 10.2. The predicted octanol–water partition coefficient (Wildman–Crippen LogP) is 0.134. The van der Waals surface area contributed by atoms with E-state index in [0.29, 0.717) is 11.4 Å². The van der Waals surface area contributed by atoms with Gasteiger partial charge in [-0.05, 0) is 12.1 Å². The summed E-state index contributed by atoms with van der Waals surface area (Å²) in [6.45, 7) is -0.0837. The smallest absolute Gasteiger partial charge is 0.309 e. The van der Waals surface area contributed by atoms with Crippen LogP contribution in [0.15, 0.2) is 12.1 Å². The van der Waals surface area contributed by atoms with Crippen LogP contribution < -0.4 is 0 Å². The number of hydrogen-bond donors (Lipinski definition) is 3. The molecule has 1 rings (SSSR count). The number of aromatic amines is 1. The fourth-order valence-corrected chi connectivity index (χ4v) is 0.849. The number of aliphatic hydroxyl groups excluding tert-OH is 1. The number of carboxylic acids is 1. The largest absolute Gasteiger partial charge is 0.481 e. The lowest BCUT2D eigenvalue weighted by molar-refractivity contribution is -0.136. The minimum absolute atomic E-state index is 0.0278. The van der Waals surface area contributed by atoms with E-state index >= 15 is 0 Å². The Balaban J connectivity index is 2.65. The van der Waals surface area contributed by atoms with E-state index in [1.165, 1.54) is 0 Å². The summed E-state index contributed by atoms with van der Waals surface area (Å²) >= 11 is 0. The fraction of sp³-hybridized carbons (Fsp3) is 0.286. The number of hydrogen-bond acceptors (Lipinski definition) is 2. The van der Waals surface area contributed by atoms with Gasteiger partial charge in [0.2, 0.25) is 0 Å². The highest BCUT2D eigenvalue weighted by atomic mass is 16.4. The number of rotatable bonds is 3. The molecule has 0 bridgehead atoms. The Morgan fingerprint density at radius 2 is 2.09 bits per heavy atom. The van der Waals surface area contributed by atoms with Crippen molar-refractivity contribution < 1.29 is 15.0 Å². The van der Waals surface area contributed by atoms with Gasteiger partial charge in [-0.25, -0.2) is 0 Å². The van der Waals surface area contributed by atoms with Gasteiger partial charge in [0.1, 0.15) is 0 Å². The third-order valence-electron chi connectivity index (χ3n) is 1.32. The maximum atomic E-state index is 10.2. The second-order valence-corrected chi connectivity index (χ2v) is 2.24. The summed E-state index contributed by atoms with van der Waals surface area (Å²) in [4.78, 5) is 12.9. The summed E-state index contributed by atoms with van der Waals surface area (Å²) in [6.07, 6.45) is -0.0278. The van der Waals surface area contributed by atoms with Gasteiger partial charge >= 0.3 is 5.97 Å². The third kappa shape index (κ3) is 2.09. The van der Waals surface area contributed by atoms with E-state index in [1.54, 1.807) is 12.1 Å². The first-order valence-corrected chi connectivity index (χ1v) is 3.22. The van der Waals surface area contributed by atoms with Crippen LogP contribution in [0.1, 0.15) is 11.4 Å². The molecule has 60 valence electrons. The minimum atomic E-state index is -0.878. The highest BCUT2D eigenvalue weighted by Crippen LogP contribution is 2.01. The average molecular weight is 155 g/mol. The van der Waals surface area contributed by atoms with E-state index in [9.17, 15) is 4.79 Å². The number of nitrogens with one attached hydrogen (secondary N) is 1. The number of carbonyl (C=O) groups is 1. The first-order valence-electron chi connectivity index (χ1n) is 3.22. The predicted molar refractivity (Wildman–Crippen MR) is 38.1 cm³/mol. The SMILES string of the molecule is O=C(O)Cc1ccc(CO)[nH]1. The summed E-state index contributed by atoms with van der Waals surface area (Å²) < 4.78 is 0. The van der Waals surface area contributed by atoms with E-state index in [4.69, 9.17) is 10.2 Å². The molecular weight excluding hydrogens is 146 g/mol. The van der Waals surface area contributed by atoms with Gasteiger partial charge in [-0.15, -0.1) is 0 Å². The number of aliphatic carboxylic acids is 1. The number of H-pyrrole nitrogens is 1. The second-order valence-electron chi connectivity index (χ2n) is 2.24. The average Bonchev–Trinajstić information content (AvgIpc) is 2.34. The molecule has 0 atom stereocenters. The molecule has 0 aliphatic heterocycles. The minimum Gasteiger partial charge on any atom is -0.481 e. The van der Waals surface area contributed by atoms with Crippen molar-refractivity contribution in [3.8, 4) is 0 Å². The van der Waals surface area contributed by atoms with Gasteiger partial charge in [-0.2, -0.15) is 0 Å². The number of aliphatic hydroxyl groups is 1. The summed E-state index contributed by atoms with van der Waals surface area (Å²) in [5.74, 6) is -0.878. The van der Waals surface area contributed by atoms with Crippen molar-refractivity contribution in [1.82, 2.24) is 4.98 Å². The van der Waals surface area contributed by atoms with Crippen LogP contribution in [0.2, 0.25) is 0 Å². The molecule has 0 amide bonds. The van der Waals surface area contributed by atoms with Gasteiger partial charge < -0.3 is 15.2 Å². The molecular formula is C7H9NO3. The van der Waals surface area contributed by atoms with Crippen molar-refractivity contribution >= 4 is 5.97 Å². The van der Waals surface area contributed by atoms with Crippen LogP contribution in [-0.2, 0) is 17.8 Å². The van der Waals surface area contributed by atoms with Gasteiger partial charge in [-0.1, -0.05) is 0 Å². The second kappa shape index (κ2) is 3.21. The van der Waals surface area contributed by atoms with E-state index in [1.807, 2.05) is 0 Å². The molecule has 0 fully saturated rings. The highest BCUT2D eigenvalue weighted by Gasteiger charge is 2.01. The Kier molecular flexibility index (Phi) is 2.28. The van der Waals surface area contributed by atoms with Crippen molar-refractivity contribution in [3.63, 3.8) is 0 Å². The monoisotopic (exact) mass is 155 g/mol. The Labute approximate surface area is 63.5 Å². The molecule has 4 nitrogen and oxygen atoms in total. The zero-order valence-electron chi connectivity index (χ0n) is 5.87. The zero-order chi connectivity index (χ0) is 8.27. The molecule has 1 heterocycles. The molecule has 0 unspecified atom stereocenters. The van der Waals surface area contributed by atoms with Crippen molar-refractivity contribution in [2.45, 2.75) is 13.0 Å². The van der Waals surface area contributed by atoms with Crippen LogP contribution in [0.25, 0.3) is 0 Å². The summed E-state index contributed by atoms with van der Waals surface area (Å²) in [6, 6.07) is 3.32. The molecule has 0 aromatic carbocycles. The van der Waals surface area contributed by atoms with E-state index in [0.717, 1.165) is 0 Å². The standard InChI is InChI=1S/C7H9NO3/c9-4-6-2-1-5(8-6)3-7(10)11/h1-2,8-9H,3-4H2,(H,10,11). The maximum Gasteiger partial charge on any atom is 0.309 e. The Bertz CT molecular complexity index is 254. The molecule has 0 saturated carbocycles. The van der Waals surface area contributed by atoms with Crippen LogP contribution in [0.4, 0.5) is 0 Å². The van der Waals surface area contributed by atoms with Crippen LogP contribution in [0.5, 0.6) is 0 Å². The van der Waals surface area contributed by atoms with E-state index in [2.05, 4.69) is 4.98 Å². The van der Waals surface area contributed by atoms with Gasteiger partial charge in [0.25, 0.3) is 0 Å². The molecule has 0 aliphatic carbocycles. The molecule has 1 aromatic heterocycles. The van der Waals surface area contributed by atoms with Crippen molar-refractivity contribution in [2.24, 2.45) is 0 Å². The van der Waals surface area contributed by atoms with Crippen LogP contribution in [-0.4, -0.2) is 21.2 Å². The van der Waals surface area contributed by atoms with E-state index in [-0.39, 0.29) is 13.0 Å². The quantitative estimate of drug-likeness (QED) is 0.581. The molecule has 4 heteroatoms. The van der Waals surface area contributed by atoms with E-state index < -0.39 is 5.97 Å². The highest BCUT2D eigenvalue weighted by molar-refractivity contribution is 5.69. The fourth-order valence-electron chi connectivity index (χ4n) is 0.849. The third-order valence-corrected chi connectivity index (χ3v) is 1.32. The number of carboxylic acid groups (broad SMARTS) is 1. The molecule has 0 saturated heterocycles. The molecule has 11 heavy (non-hydrogen) atoms. The van der Waals surface area contributed by atoms with Gasteiger partial charge in [-0.3, -0.25) is 4.79 Å². The lowest BCUT2D eigenvalue weighted by Crippen LogP contribution is -2.00. The van der Waals surface area contributed by atoms with Crippen LogP contribution in [0.3, 0.4) is 0 Å². The number of aromatic nitrogens is 1. The topological polar surface area (TPSA) is 73.3 Å². The molecule has 0 radical (unpaired) electrons. The zero-order valence-corrected chi connectivity index (χ0v) is 5.87. The Morgan fingerprint density at radius 3 is 2.55 bits per heavy atom. The van der Waals surface area contributed by atoms with Gasteiger partial charge in [0.05, 0.1) is 13.0 Å². The normalized spacial score (nSPS) is 9.91. The molecule has 1 aromatic rings. The van der Waals surface area contributed by atoms with Crippen molar-refractivity contribution in [3.05, 3.63) is 23.5 Å². The lowest BCUT2D eigenvalue weighted by atomic mass is 10.3.